The van der Waals surface area contributed by atoms with E-state index in [-0.39, 0.29) is 0 Å². The lowest BCUT2D eigenvalue weighted by Gasteiger charge is -2.31. The first-order valence-electron chi connectivity index (χ1n) is 5.61. The van der Waals surface area contributed by atoms with Gasteiger partial charge >= 0.3 is 0 Å². The number of aliphatic hydroxyl groups excluding tert-OH is 1. The number of hydrogen-bond acceptors (Lipinski definition) is 3. The fourth-order valence-electron chi connectivity index (χ4n) is 2.16. The van der Waals surface area contributed by atoms with E-state index in [1.54, 1.807) is 0 Å². The molecule has 0 aromatic carbocycles. The molecule has 0 spiro atoms. The van der Waals surface area contributed by atoms with E-state index in [1.807, 2.05) is 18.3 Å². The minimum Gasteiger partial charge on any atom is -0.396 e. The summed E-state index contributed by atoms with van der Waals surface area (Å²) in [7, 11) is 0. The molecule has 1 atom stereocenters. The third kappa shape index (κ3) is 3.01. The molecule has 0 aliphatic carbocycles. The SMILES string of the molecule is OC[C@@H]1CCCN(Cc2ccccn2)C1. The van der Waals surface area contributed by atoms with E-state index < -0.39 is 0 Å². The summed E-state index contributed by atoms with van der Waals surface area (Å²) in [5, 5.41) is 9.13. The lowest BCUT2D eigenvalue weighted by molar-refractivity contribution is 0.115. The maximum atomic E-state index is 9.13. The van der Waals surface area contributed by atoms with Crippen LogP contribution in [0, 0.1) is 5.92 Å². The molecule has 15 heavy (non-hydrogen) atoms. The molecule has 0 bridgehead atoms. The molecule has 1 N–H and O–H groups in total. The monoisotopic (exact) mass is 206 g/mol. The topological polar surface area (TPSA) is 36.4 Å². The molecule has 0 saturated carbocycles. The molecule has 3 heteroatoms. The van der Waals surface area contributed by atoms with E-state index in [2.05, 4.69) is 16.0 Å². The van der Waals surface area contributed by atoms with Crippen molar-refractivity contribution in [3.8, 4) is 0 Å². The summed E-state index contributed by atoms with van der Waals surface area (Å²) in [5.41, 5.74) is 1.12. The highest BCUT2D eigenvalue weighted by atomic mass is 16.3. The van der Waals surface area contributed by atoms with Crippen molar-refractivity contribution in [2.45, 2.75) is 19.4 Å². The number of hydrogen-bond donors (Lipinski definition) is 1. The Morgan fingerprint density at radius 3 is 3.13 bits per heavy atom. The molecule has 0 unspecified atom stereocenters. The molecule has 3 nitrogen and oxygen atoms in total. The van der Waals surface area contributed by atoms with Gasteiger partial charge in [-0.2, -0.15) is 0 Å². The van der Waals surface area contributed by atoms with Gasteiger partial charge in [0.2, 0.25) is 0 Å². The lowest BCUT2D eigenvalue weighted by atomic mass is 9.99. The van der Waals surface area contributed by atoms with Gasteiger partial charge in [-0.15, -0.1) is 0 Å². The van der Waals surface area contributed by atoms with Crippen LogP contribution in [0.15, 0.2) is 24.4 Å². The number of aliphatic hydroxyl groups is 1. The molecule has 1 aliphatic heterocycles. The largest absolute Gasteiger partial charge is 0.396 e. The van der Waals surface area contributed by atoms with Gasteiger partial charge in [-0.3, -0.25) is 9.88 Å². The van der Waals surface area contributed by atoms with Gasteiger partial charge < -0.3 is 5.11 Å². The standard InChI is InChI=1S/C12H18N2O/c15-10-11-4-3-7-14(8-11)9-12-5-1-2-6-13-12/h1-2,5-6,11,15H,3-4,7-10H2/t11-/m1/s1. The Kier molecular flexibility index (Phi) is 3.69. The van der Waals surface area contributed by atoms with Crippen LogP contribution in [0.4, 0.5) is 0 Å². The minimum absolute atomic E-state index is 0.318. The molecule has 2 rings (SSSR count). The Balaban J connectivity index is 1.89. The van der Waals surface area contributed by atoms with Crippen LogP contribution in [0.5, 0.6) is 0 Å². The Morgan fingerprint density at radius 2 is 2.40 bits per heavy atom. The van der Waals surface area contributed by atoms with E-state index in [0.29, 0.717) is 12.5 Å². The van der Waals surface area contributed by atoms with Crippen molar-refractivity contribution < 1.29 is 5.11 Å². The number of pyridine rings is 1. The minimum atomic E-state index is 0.318. The van der Waals surface area contributed by atoms with Crippen molar-refractivity contribution in [2.75, 3.05) is 19.7 Å². The predicted octanol–water partition coefficient (Wildman–Crippen LogP) is 1.29. The summed E-state index contributed by atoms with van der Waals surface area (Å²) in [6, 6.07) is 6.02. The van der Waals surface area contributed by atoms with Gasteiger partial charge in [-0.1, -0.05) is 6.07 Å². The van der Waals surface area contributed by atoms with Gasteiger partial charge in [0.1, 0.15) is 0 Å². The zero-order valence-electron chi connectivity index (χ0n) is 8.97. The van der Waals surface area contributed by atoms with Gasteiger partial charge in [0.25, 0.3) is 0 Å². The highest BCUT2D eigenvalue weighted by Gasteiger charge is 2.19. The van der Waals surface area contributed by atoms with Crippen LogP contribution >= 0.6 is 0 Å². The van der Waals surface area contributed by atoms with Gasteiger partial charge in [-0.25, -0.2) is 0 Å². The Hall–Kier alpha value is -0.930. The molecule has 0 amide bonds. The summed E-state index contributed by atoms with van der Waals surface area (Å²) in [6.07, 6.45) is 4.19. The van der Waals surface area contributed by atoms with E-state index in [1.165, 1.54) is 6.42 Å². The first-order valence-corrected chi connectivity index (χ1v) is 5.61. The van der Waals surface area contributed by atoms with Gasteiger partial charge in [0, 0.05) is 25.9 Å². The molecule has 1 fully saturated rings. The number of nitrogens with zero attached hydrogens (tertiary/aromatic N) is 2. The van der Waals surface area contributed by atoms with Crippen LogP contribution in [-0.2, 0) is 6.54 Å². The summed E-state index contributed by atoms with van der Waals surface area (Å²) in [5.74, 6) is 0.461. The molecule has 1 aromatic rings. The summed E-state index contributed by atoms with van der Waals surface area (Å²) < 4.78 is 0. The van der Waals surface area contributed by atoms with E-state index in [0.717, 1.165) is 31.7 Å². The van der Waals surface area contributed by atoms with Gasteiger partial charge in [0.15, 0.2) is 0 Å². The third-order valence-corrected chi connectivity index (χ3v) is 2.97. The fourth-order valence-corrected chi connectivity index (χ4v) is 2.16. The van der Waals surface area contributed by atoms with Crippen molar-refractivity contribution >= 4 is 0 Å². The smallest absolute Gasteiger partial charge is 0.0543 e. The molecule has 0 radical (unpaired) electrons. The van der Waals surface area contributed by atoms with Gasteiger partial charge in [0.05, 0.1) is 5.69 Å². The number of piperidine rings is 1. The van der Waals surface area contributed by atoms with Crippen molar-refractivity contribution in [3.63, 3.8) is 0 Å². The second-order valence-electron chi connectivity index (χ2n) is 4.25. The molecule has 1 aliphatic rings. The predicted molar refractivity (Wildman–Crippen MR) is 59.3 cm³/mol. The number of likely N-dealkylation sites (tertiary alicyclic amines) is 1. The number of aromatic nitrogens is 1. The first-order chi connectivity index (χ1) is 7.38. The second-order valence-corrected chi connectivity index (χ2v) is 4.25. The van der Waals surface area contributed by atoms with E-state index in [9.17, 15) is 0 Å². The van der Waals surface area contributed by atoms with Crippen LogP contribution in [0.3, 0.4) is 0 Å². The maximum Gasteiger partial charge on any atom is 0.0543 e. The summed E-state index contributed by atoms with van der Waals surface area (Å²) in [6.45, 7) is 3.37. The summed E-state index contributed by atoms with van der Waals surface area (Å²) in [4.78, 5) is 6.70. The molecule has 82 valence electrons. The van der Waals surface area contributed by atoms with Crippen molar-refractivity contribution in [1.29, 1.82) is 0 Å². The summed E-state index contributed by atoms with van der Waals surface area (Å²) >= 11 is 0. The van der Waals surface area contributed by atoms with Crippen LogP contribution in [0.1, 0.15) is 18.5 Å². The highest BCUT2D eigenvalue weighted by molar-refractivity contribution is 5.03. The Bertz CT molecular complexity index is 289. The average Bonchev–Trinajstić information content (AvgIpc) is 2.31. The fraction of sp³-hybridized carbons (Fsp3) is 0.583. The van der Waals surface area contributed by atoms with Crippen molar-refractivity contribution in [2.24, 2.45) is 5.92 Å². The van der Waals surface area contributed by atoms with E-state index >= 15 is 0 Å². The highest BCUT2D eigenvalue weighted by Crippen LogP contribution is 2.17. The molecular formula is C12H18N2O. The molecule has 2 heterocycles. The lowest BCUT2D eigenvalue weighted by Crippen LogP contribution is -2.36. The van der Waals surface area contributed by atoms with Crippen LogP contribution in [-0.4, -0.2) is 34.7 Å². The third-order valence-electron chi connectivity index (χ3n) is 2.97. The normalized spacial score (nSPS) is 22.9. The first kappa shape index (κ1) is 10.6. The quantitative estimate of drug-likeness (QED) is 0.809. The molecular weight excluding hydrogens is 188 g/mol. The second kappa shape index (κ2) is 5.24. The Morgan fingerprint density at radius 1 is 1.47 bits per heavy atom. The maximum absolute atomic E-state index is 9.13. The van der Waals surface area contributed by atoms with Crippen LogP contribution < -0.4 is 0 Å². The van der Waals surface area contributed by atoms with Crippen LogP contribution in [0.2, 0.25) is 0 Å². The van der Waals surface area contributed by atoms with Gasteiger partial charge in [-0.05, 0) is 37.4 Å². The molecule has 1 saturated heterocycles. The number of rotatable bonds is 3. The molecule has 1 aromatic heterocycles. The zero-order chi connectivity index (χ0) is 10.5. The van der Waals surface area contributed by atoms with Crippen molar-refractivity contribution in [1.82, 2.24) is 9.88 Å². The van der Waals surface area contributed by atoms with Crippen molar-refractivity contribution in [3.05, 3.63) is 30.1 Å². The van der Waals surface area contributed by atoms with Crippen LogP contribution in [0.25, 0.3) is 0 Å². The average molecular weight is 206 g/mol. The Labute approximate surface area is 90.8 Å². The van der Waals surface area contributed by atoms with E-state index in [4.69, 9.17) is 5.11 Å². The zero-order valence-corrected chi connectivity index (χ0v) is 8.97.